The molecule has 256 valence electrons. The summed E-state index contributed by atoms with van der Waals surface area (Å²) < 4.78 is 0. The third kappa shape index (κ3) is 4.89. The predicted octanol–water partition coefficient (Wildman–Crippen LogP) is 10.7. The summed E-state index contributed by atoms with van der Waals surface area (Å²) in [5.41, 5.74) is 7.46. The van der Waals surface area contributed by atoms with Gasteiger partial charge in [0.15, 0.2) is 17.5 Å². The van der Waals surface area contributed by atoms with E-state index in [1.54, 1.807) is 12.1 Å². The Kier molecular flexibility index (Phi) is 6.69. The Morgan fingerprint density at radius 3 is 1.29 bits per heavy atom. The van der Waals surface area contributed by atoms with Crippen molar-refractivity contribution in [3.05, 3.63) is 101 Å². The van der Waals surface area contributed by atoms with Gasteiger partial charge in [0.1, 0.15) is 0 Å². The molecule has 8 bridgehead atoms. The van der Waals surface area contributed by atoms with Crippen LogP contribution in [0.1, 0.15) is 99.3 Å². The van der Waals surface area contributed by atoms with Crippen LogP contribution in [0.4, 0.5) is 0 Å². The van der Waals surface area contributed by atoms with Crippen LogP contribution >= 0.6 is 0 Å². The van der Waals surface area contributed by atoms with E-state index in [1.165, 1.54) is 88.2 Å². The molecule has 1 aromatic heterocycles. The Bertz CT molecular complexity index is 2160. The number of fused-ring (bicyclic) bond motifs is 1. The molecule has 8 fully saturated rings. The molecule has 0 radical (unpaired) electrons. The number of nitrogens with zero attached hydrogens (tertiary/aromatic N) is 5. The Morgan fingerprint density at radius 2 is 0.885 bits per heavy atom. The first kappa shape index (κ1) is 30.7. The van der Waals surface area contributed by atoms with E-state index in [-0.39, 0.29) is 0 Å². The molecule has 52 heavy (non-hydrogen) atoms. The minimum Gasteiger partial charge on any atom is -0.208 e. The fraction of sp³-hybridized carbons (Fsp3) is 0.426. The molecule has 5 nitrogen and oxygen atoms in total. The van der Waals surface area contributed by atoms with Gasteiger partial charge in [0.05, 0.1) is 23.3 Å². The normalized spacial score (nSPS) is 32.2. The van der Waals surface area contributed by atoms with Crippen LogP contribution in [0, 0.1) is 58.2 Å². The summed E-state index contributed by atoms with van der Waals surface area (Å²) in [6, 6.07) is 32.4. The molecule has 1 heterocycles. The summed E-state index contributed by atoms with van der Waals surface area (Å²) in [6.45, 7) is 0. The van der Waals surface area contributed by atoms with Crippen molar-refractivity contribution in [2.45, 2.75) is 87.9 Å². The molecule has 8 aliphatic rings. The van der Waals surface area contributed by atoms with Crippen molar-refractivity contribution >= 4 is 10.8 Å². The molecule has 0 saturated heterocycles. The third-order valence-corrected chi connectivity index (χ3v) is 14.7. The number of nitriles is 2. The smallest absolute Gasteiger partial charge is 0.164 e. The molecule has 0 atom stereocenters. The van der Waals surface area contributed by atoms with Gasteiger partial charge in [0.25, 0.3) is 0 Å². The topological polar surface area (TPSA) is 86.2 Å². The van der Waals surface area contributed by atoms with Gasteiger partial charge in [-0.1, -0.05) is 54.6 Å². The van der Waals surface area contributed by atoms with Crippen LogP contribution in [0.3, 0.4) is 0 Å². The van der Waals surface area contributed by atoms with Crippen LogP contribution in [-0.4, -0.2) is 15.0 Å². The number of rotatable bonds is 5. The largest absolute Gasteiger partial charge is 0.208 e. The van der Waals surface area contributed by atoms with Crippen molar-refractivity contribution in [1.82, 2.24) is 15.0 Å². The first-order valence-corrected chi connectivity index (χ1v) is 19.8. The van der Waals surface area contributed by atoms with Crippen LogP contribution in [-0.2, 0) is 10.8 Å². The SMILES string of the molecule is N#Cc1ccc2cc(-c3nc(-c4ccc(C56CC7CC(CC(C7)C5)C6)cc4)nc(-c4ccc(C56CC7CC(CC(C7)C5)C6)cc4)n3)cc(C#N)c2c1. The van der Waals surface area contributed by atoms with Crippen LogP contribution < -0.4 is 0 Å². The second-order valence-electron chi connectivity index (χ2n) is 18.0. The number of hydrogen-bond donors (Lipinski definition) is 0. The van der Waals surface area contributed by atoms with Crippen molar-refractivity contribution < 1.29 is 0 Å². The van der Waals surface area contributed by atoms with E-state index >= 15 is 0 Å². The average molecular weight is 678 g/mol. The fourth-order valence-corrected chi connectivity index (χ4v) is 13.3. The lowest BCUT2D eigenvalue weighted by molar-refractivity contribution is -0.00530. The molecule has 4 aromatic carbocycles. The second-order valence-corrected chi connectivity index (χ2v) is 18.0. The highest BCUT2D eigenvalue weighted by atomic mass is 15.0. The molecule has 0 aliphatic heterocycles. The Labute approximate surface area is 306 Å². The van der Waals surface area contributed by atoms with Crippen molar-refractivity contribution in [2.24, 2.45) is 35.5 Å². The zero-order valence-corrected chi connectivity index (χ0v) is 29.7. The summed E-state index contributed by atoms with van der Waals surface area (Å²) in [5.74, 6) is 7.28. The summed E-state index contributed by atoms with van der Waals surface area (Å²) in [5, 5.41) is 21.3. The van der Waals surface area contributed by atoms with Gasteiger partial charge in [-0.3, -0.25) is 0 Å². The highest BCUT2D eigenvalue weighted by molar-refractivity contribution is 5.92. The van der Waals surface area contributed by atoms with Gasteiger partial charge >= 0.3 is 0 Å². The van der Waals surface area contributed by atoms with Gasteiger partial charge < -0.3 is 0 Å². The van der Waals surface area contributed by atoms with Crippen molar-refractivity contribution in [3.8, 4) is 46.3 Å². The minimum absolute atomic E-state index is 0.339. The molecule has 0 amide bonds. The van der Waals surface area contributed by atoms with Gasteiger partial charge in [-0.05, 0) is 164 Å². The van der Waals surface area contributed by atoms with Gasteiger partial charge in [-0.2, -0.15) is 10.5 Å². The van der Waals surface area contributed by atoms with Crippen LogP contribution in [0.25, 0.3) is 44.9 Å². The fourth-order valence-electron chi connectivity index (χ4n) is 13.3. The highest BCUT2D eigenvalue weighted by Gasteiger charge is 2.52. The van der Waals surface area contributed by atoms with Crippen LogP contribution in [0.2, 0.25) is 0 Å². The maximum Gasteiger partial charge on any atom is 0.164 e. The van der Waals surface area contributed by atoms with Gasteiger partial charge in [-0.15, -0.1) is 0 Å². The molecule has 5 aromatic rings. The summed E-state index contributed by atoms with van der Waals surface area (Å²) >= 11 is 0. The third-order valence-electron chi connectivity index (χ3n) is 14.7. The second kappa shape index (κ2) is 11.3. The first-order chi connectivity index (χ1) is 25.4. The lowest BCUT2D eigenvalue weighted by Crippen LogP contribution is -2.48. The summed E-state index contributed by atoms with van der Waals surface area (Å²) in [6.07, 6.45) is 16.7. The van der Waals surface area contributed by atoms with E-state index in [9.17, 15) is 10.5 Å². The molecular weight excluding hydrogens is 635 g/mol. The van der Waals surface area contributed by atoms with Gasteiger partial charge in [0.2, 0.25) is 0 Å². The molecule has 8 saturated carbocycles. The molecule has 13 rings (SSSR count). The lowest BCUT2D eigenvalue weighted by Gasteiger charge is -2.57. The zero-order chi connectivity index (χ0) is 34.6. The molecule has 8 aliphatic carbocycles. The van der Waals surface area contributed by atoms with Gasteiger partial charge in [0, 0.05) is 22.1 Å². The van der Waals surface area contributed by atoms with E-state index in [4.69, 9.17) is 15.0 Å². The van der Waals surface area contributed by atoms with Crippen LogP contribution in [0.15, 0.2) is 78.9 Å². The average Bonchev–Trinajstić information content (AvgIpc) is 3.16. The van der Waals surface area contributed by atoms with Crippen molar-refractivity contribution in [3.63, 3.8) is 0 Å². The highest BCUT2D eigenvalue weighted by Crippen LogP contribution is 2.62. The molecule has 0 unspecified atom stereocenters. The molecule has 0 spiro atoms. The number of benzene rings is 4. The maximum atomic E-state index is 10.2. The van der Waals surface area contributed by atoms with Crippen LogP contribution in [0.5, 0.6) is 0 Å². The number of aromatic nitrogens is 3. The van der Waals surface area contributed by atoms with Gasteiger partial charge in [-0.25, -0.2) is 15.0 Å². The lowest BCUT2D eigenvalue weighted by atomic mass is 9.48. The van der Waals surface area contributed by atoms with E-state index in [1.807, 2.05) is 18.2 Å². The minimum atomic E-state index is 0.339. The Morgan fingerprint density at radius 1 is 0.462 bits per heavy atom. The Hall–Kier alpha value is -4.87. The predicted molar refractivity (Wildman–Crippen MR) is 203 cm³/mol. The molecule has 5 heteroatoms. The maximum absolute atomic E-state index is 10.2. The molecular formula is C47H43N5. The standard InChI is InChI=1S/C47H43N5/c48-26-28-1-2-37-18-38(19-39(27-49)42(37)17-28)45-51-43(35-3-7-40(8-4-35)46-20-29-11-30(21-46)13-31(12-29)22-46)50-44(52-45)36-5-9-41(10-6-36)47-23-32-14-33(24-47)16-34(15-32)25-47/h1-10,17-19,29-34H,11-16,20-25H2. The van der Waals surface area contributed by atoms with E-state index in [0.717, 1.165) is 63.0 Å². The van der Waals surface area contributed by atoms with E-state index < -0.39 is 0 Å². The summed E-state index contributed by atoms with van der Waals surface area (Å²) in [7, 11) is 0. The summed E-state index contributed by atoms with van der Waals surface area (Å²) in [4.78, 5) is 15.3. The first-order valence-electron chi connectivity index (χ1n) is 19.8. The quantitative estimate of drug-likeness (QED) is 0.185. The molecule has 0 N–H and O–H groups in total. The van der Waals surface area contributed by atoms with E-state index in [2.05, 4.69) is 60.7 Å². The Balaban J connectivity index is 0.996. The monoisotopic (exact) mass is 677 g/mol. The van der Waals surface area contributed by atoms with Crippen molar-refractivity contribution in [1.29, 1.82) is 10.5 Å². The van der Waals surface area contributed by atoms with E-state index in [0.29, 0.717) is 39.4 Å². The zero-order valence-electron chi connectivity index (χ0n) is 29.7. The number of hydrogen-bond acceptors (Lipinski definition) is 5. The van der Waals surface area contributed by atoms with Crippen molar-refractivity contribution in [2.75, 3.05) is 0 Å².